The summed E-state index contributed by atoms with van der Waals surface area (Å²) in [7, 11) is 1.92. The highest BCUT2D eigenvalue weighted by Gasteiger charge is 2.04. The van der Waals surface area contributed by atoms with Crippen LogP contribution in [0.15, 0.2) is 42.6 Å². The van der Waals surface area contributed by atoms with Crippen LogP contribution in [0.2, 0.25) is 0 Å². The number of nitrogens with zero attached hydrogens (tertiary/aromatic N) is 3. The number of fused-ring (bicyclic) bond motifs is 1. The second kappa shape index (κ2) is 4.72. The molecule has 0 amide bonds. The number of para-hydroxylation sites is 1. The van der Waals surface area contributed by atoms with Gasteiger partial charge in [0, 0.05) is 12.4 Å². The molecule has 0 unspecified atom stereocenters. The zero-order valence-corrected chi connectivity index (χ0v) is 11.0. The van der Waals surface area contributed by atoms with Crippen molar-refractivity contribution < 1.29 is 4.74 Å². The van der Waals surface area contributed by atoms with E-state index in [1.807, 2.05) is 55.1 Å². The Morgan fingerprint density at radius 1 is 1.21 bits per heavy atom. The van der Waals surface area contributed by atoms with E-state index in [9.17, 15) is 0 Å². The molecule has 0 radical (unpaired) electrons. The molecule has 0 aliphatic rings. The molecule has 19 heavy (non-hydrogen) atoms. The van der Waals surface area contributed by atoms with Crippen molar-refractivity contribution in [2.45, 2.75) is 13.5 Å². The van der Waals surface area contributed by atoms with Crippen LogP contribution in [0.1, 0.15) is 11.4 Å². The second-order valence-electron chi connectivity index (χ2n) is 4.55. The summed E-state index contributed by atoms with van der Waals surface area (Å²) in [5.41, 5.74) is 3.02. The van der Waals surface area contributed by atoms with E-state index in [4.69, 9.17) is 4.74 Å². The Morgan fingerprint density at radius 2 is 2.05 bits per heavy atom. The Kier molecular flexibility index (Phi) is 2.91. The summed E-state index contributed by atoms with van der Waals surface area (Å²) < 4.78 is 7.61. The Hall–Kier alpha value is -2.36. The maximum Gasteiger partial charge on any atom is 0.138 e. The van der Waals surface area contributed by atoms with Crippen LogP contribution in [0.4, 0.5) is 0 Å². The van der Waals surface area contributed by atoms with Gasteiger partial charge in [-0.05, 0) is 25.1 Å². The molecule has 1 aromatic carbocycles. The molecule has 0 saturated carbocycles. The highest BCUT2D eigenvalue weighted by Crippen LogP contribution is 2.18. The predicted molar refractivity (Wildman–Crippen MR) is 74.0 cm³/mol. The van der Waals surface area contributed by atoms with Crippen LogP contribution >= 0.6 is 0 Å². The van der Waals surface area contributed by atoms with E-state index in [-0.39, 0.29) is 0 Å². The fourth-order valence-electron chi connectivity index (χ4n) is 2.09. The minimum Gasteiger partial charge on any atom is -0.486 e. The van der Waals surface area contributed by atoms with Crippen LogP contribution in [0.3, 0.4) is 0 Å². The van der Waals surface area contributed by atoms with Crippen LogP contribution in [0.5, 0.6) is 5.75 Å². The summed E-state index contributed by atoms with van der Waals surface area (Å²) in [5, 5.41) is 5.38. The number of benzene rings is 1. The van der Waals surface area contributed by atoms with E-state index in [0.29, 0.717) is 6.61 Å². The predicted octanol–water partition coefficient (Wildman–Crippen LogP) is 2.86. The van der Waals surface area contributed by atoms with E-state index in [1.165, 1.54) is 0 Å². The van der Waals surface area contributed by atoms with Crippen molar-refractivity contribution in [3.05, 3.63) is 54.0 Å². The molecule has 4 heteroatoms. The van der Waals surface area contributed by atoms with Gasteiger partial charge < -0.3 is 4.74 Å². The second-order valence-corrected chi connectivity index (χ2v) is 4.55. The van der Waals surface area contributed by atoms with E-state index in [0.717, 1.165) is 28.0 Å². The average Bonchev–Trinajstić information content (AvgIpc) is 2.74. The van der Waals surface area contributed by atoms with Crippen LogP contribution in [0.25, 0.3) is 10.9 Å². The Balaban J connectivity index is 1.80. The lowest BCUT2D eigenvalue weighted by Gasteiger charge is -2.06. The van der Waals surface area contributed by atoms with Gasteiger partial charge in [0.1, 0.15) is 12.4 Å². The van der Waals surface area contributed by atoms with Gasteiger partial charge in [-0.1, -0.05) is 18.2 Å². The lowest BCUT2D eigenvalue weighted by Crippen LogP contribution is -2.03. The van der Waals surface area contributed by atoms with Crippen LogP contribution in [-0.2, 0) is 13.7 Å². The fourth-order valence-corrected chi connectivity index (χ4v) is 2.09. The minimum absolute atomic E-state index is 0.497. The third-order valence-electron chi connectivity index (χ3n) is 3.05. The standard InChI is InChI=1S/C15H15N3O/c1-11-7-13(18(2)17-11)10-19-14-8-12-5-3-4-6-15(12)16-9-14/h3-9H,10H2,1-2H3. The molecule has 0 spiro atoms. The topological polar surface area (TPSA) is 39.9 Å². The van der Waals surface area contributed by atoms with Crippen LogP contribution in [-0.4, -0.2) is 14.8 Å². The van der Waals surface area contributed by atoms with E-state index in [2.05, 4.69) is 10.1 Å². The normalized spacial score (nSPS) is 10.8. The third-order valence-corrected chi connectivity index (χ3v) is 3.05. The summed E-state index contributed by atoms with van der Waals surface area (Å²) in [4.78, 5) is 4.37. The highest BCUT2D eigenvalue weighted by molar-refractivity contribution is 5.79. The fraction of sp³-hybridized carbons (Fsp3) is 0.200. The van der Waals surface area contributed by atoms with Gasteiger partial charge in [-0.3, -0.25) is 9.67 Å². The summed E-state index contributed by atoms with van der Waals surface area (Å²) in [5.74, 6) is 0.776. The molecule has 0 aliphatic heterocycles. The molecule has 96 valence electrons. The van der Waals surface area contributed by atoms with Crippen molar-refractivity contribution >= 4 is 10.9 Å². The van der Waals surface area contributed by atoms with Crippen molar-refractivity contribution in [2.75, 3.05) is 0 Å². The SMILES string of the molecule is Cc1cc(COc2cnc3ccccc3c2)n(C)n1. The van der Waals surface area contributed by atoms with Crippen molar-refractivity contribution in [1.29, 1.82) is 0 Å². The lowest BCUT2D eigenvalue weighted by molar-refractivity contribution is 0.294. The number of rotatable bonds is 3. The van der Waals surface area contributed by atoms with Gasteiger partial charge in [-0.2, -0.15) is 5.10 Å². The third kappa shape index (κ3) is 2.42. The smallest absolute Gasteiger partial charge is 0.138 e. The number of pyridine rings is 1. The molecule has 2 aromatic heterocycles. The van der Waals surface area contributed by atoms with E-state index < -0.39 is 0 Å². The van der Waals surface area contributed by atoms with Crippen LogP contribution in [0, 0.1) is 6.92 Å². The number of hydrogen-bond donors (Lipinski definition) is 0. The molecule has 2 heterocycles. The number of aryl methyl sites for hydroxylation is 2. The number of aromatic nitrogens is 3. The Bertz CT molecular complexity index is 718. The number of hydrogen-bond acceptors (Lipinski definition) is 3. The molecule has 0 fully saturated rings. The van der Waals surface area contributed by atoms with Crippen molar-refractivity contribution in [3.63, 3.8) is 0 Å². The molecule has 3 aromatic rings. The lowest BCUT2D eigenvalue weighted by atomic mass is 10.2. The molecule has 4 nitrogen and oxygen atoms in total. The molecule has 0 aliphatic carbocycles. The summed E-state index contributed by atoms with van der Waals surface area (Å²) >= 11 is 0. The van der Waals surface area contributed by atoms with Gasteiger partial charge in [-0.15, -0.1) is 0 Å². The van der Waals surface area contributed by atoms with Gasteiger partial charge >= 0.3 is 0 Å². The first-order valence-corrected chi connectivity index (χ1v) is 6.19. The zero-order valence-electron chi connectivity index (χ0n) is 11.0. The van der Waals surface area contributed by atoms with Gasteiger partial charge in [0.25, 0.3) is 0 Å². The van der Waals surface area contributed by atoms with Crippen molar-refractivity contribution in [3.8, 4) is 5.75 Å². The van der Waals surface area contributed by atoms with Gasteiger partial charge in [0.05, 0.1) is 23.1 Å². The molecule has 3 rings (SSSR count). The van der Waals surface area contributed by atoms with E-state index in [1.54, 1.807) is 6.20 Å². The number of ether oxygens (including phenoxy) is 1. The highest BCUT2D eigenvalue weighted by atomic mass is 16.5. The van der Waals surface area contributed by atoms with Crippen LogP contribution < -0.4 is 4.74 Å². The Labute approximate surface area is 111 Å². The van der Waals surface area contributed by atoms with Gasteiger partial charge in [0.2, 0.25) is 0 Å². The monoisotopic (exact) mass is 253 g/mol. The molecule has 0 N–H and O–H groups in total. The first-order valence-electron chi connectivity index (χ1n) is 6.19. The summed E-state index contributed by atoms with van der Waals surface area (Å²) in [6.07, 6.45) is 1.76. The minimum atomic E-state index is 0.497. The maximum atomic E-state index is 5.77. The zero-order chi connectivity index (χ0) is 13.2. The summed E-state index contributed by atoms with van der Waals surface area (Å²) in [6.45, 7) is 2.47. The molecule has 0 atom stereocenters. The van der Waals surface area contributed by atoms with E-state index >= 15 is 0 Å². The first-order chi connectivity index (χ1) is 9.22. The Morgan fingerprint density at radius 3 is 2.84 bits per heavy atom. The maximum absolute atomic E-state index is 5.77. The van der Waals surface area contributed by atoms with Gasteiger partial charge in [0.15, 0.2) is 0 Å². The first kappa shape index (κ1) is 11.7. The molecular formula is C15H15N3O. The molecule has 0 saturated heterocycles. The molecular weight excluding hydrogens is 238 g/mol. The largest absolute Gasteiger partial charge is 0.486 e. The average molecular weight is 253 g/mol. The van der Waals surface area contributed by atoms with Crippen molar-refractivity contribution in [1.82, 2.24) is 14.8 Å². The quantitative estimate of drug-likeness (QED) is 0.720. The van der Waals surface area contributed by atoms with Gasteiger partial charge in [-0.25, -0.2) is 0 Å². The van der Waals surface area contributed by atoms with Crippen molar-refractivity contribution in [2.24, 2.45) is 7.05 Å². The summed E-state index contributed by atoms with van der Waals surface area (Å²) in [6, 6.07) is 12.0. The molecule has 0 bridgehead atoms.